The normalized spacial score (nSPS) is 14.6. The zero-order chi connectivity index (χ0) is 16.3. The lowest BCUT2D eigenvalue weighted by atomic mass is 10.0. The van der Waals surface area contributed by atoms with E-state index in [1.165, 1.54) is 0 Å². The van der Waals surface area contributed by atoms with Crippen LogP contribution in [0.1, 0.15) is 38.9 Å². The van der Waals surface area contributed by atoms with Gasteiger partial charge in [0.2, 0.25) is 0 Å². The third kappa shape index (κ3) is 6.95. The summed E-state index contributed by atoms with van der Waals surface area (Å²) in [6.45, 7) is 6.38. The predicted molar refractivity (Wildman–Crippen MR) is 88.0 cm³/mol. The highest BCUT2D eigenvalue weighted by Crippen LogP contribution is 2.20. The zero-order valence-corrected chi connectivity index (χ0v) is 13.9. The Balaban J connectivity index is 2.41. The Morgan fingerprint density at radius 1 is 1.36 bits per heavy atom. The summed E-state index contributed by atoms with van der Waals surface area (Å²) in [6, 6.07) is 3.52. The molecule has 0 radical (unpaired) electrons. The smallest absolute Gasteiger partial charge is 0.191 e. The topological polar surface area (TPSA) is 79.0 Å². The Morgan fingerprint density at radius 2 is 2.18 bits per heavy atom. The summed E-state index contributed by atoms with van der Waals surface area (Å²) in [5, 5.41) is 16.8. The summed E-state index contributed by atoms with van der Waals surface area (Å²) in [4.78, 5) is 4.43. The van der Waals surface area contributed by atoms with Gasteiger partial charge in [-0.1, -0.05) is 0 Å². The van der Waals surface area contributed by atoms with Crippen LogP contribution >= 0.6 is 0 Å². The number of hydrogen-bond donors (Lipinski definition) is 3. The second-order valence-electron chi connectivity index (χ2n) is 5.43. The number of nitrogens with zero attached hydrogens (tertiary/aromatic N) is 1. The van der Waals surface area contributed by atoms with E-state index in [4.69, 9.17) is 9.15 Å². The van der Waals surface area contributed by atoms with E-state index in [9.17, 15) is 5.11 Å². The van der Waals surface area contributed by atoms with Gasteiger partial charge >= 0.3 is 0 Å². The Bertz CT molecular complexity index is 416. The fourth-order valence-electron chi connectivity index (χ4n) is 1.99. The van der Waals surface area contributed by atoms with E-state index in [1.807, 2.05) is 6.92 Å². The quantitative estimate of drug-likeness (QED) is 0.349. The van der Waals surface area contributed by atoms with Crippen molar-refractivity contribution in [3.05, 3.63) is 24.2 Å². The van der Waals surface area contributed by atoms with E-state index < -0.39 is 5.60 Å². The van der Waals surface area contributed by atoms with Crippen LogP contribution in [0.4, 0.5) is 0 Å². The van der Waals surface area contributed by atoms with Crippen molar-refractivity contribution in [2.24, 2.45) is 4.99 Å². The number of unbranched alkanes of at least 4 members (excludes halogenated alkanes) is 2. The van der Waals surface area contributed by atoms with Crippen LogP contribution < -0.4 is 10.6 Å². The van der Waals surface area contributed by atoms with Gasteiger partial charge in [0.1, 0.15) is 11.4 Å². The van der Waals surface area contributed by atoms with Crippen LogP contribution in [0.25, 0.3) is 0 Å². The maximum Gasteiger partial charge on any atom is 0.191 e. The van der Waals surface area contributed by atoms with Crippen molar-refractivity contribution in [1.82, 2.24) is 10.6 Å². The van der Waals surface area contributed by atoms with Gasteiger partial charge in [0, 0.05) is 26.8 Å². The molecule has 126 valence electrons. The first kappa shape index (κ1) is 18.5. The van der Waals surface area contributed by atoms with E-state index in [0.717, 1.165) is 39.0 Å². The van der Waals surface area contributed by atoms with Crippen LogP contribution in [0, 0.1) is 0 Å². The van der Waals surface area contributed by atoms with E-state index in [0.29, 0.717) is 11.7 Å². The molecule has 22 heavy (non-hydrogen) atoms. The van der Waals surface area contributed by atoms with Gasteiger partial charge in [-0.05, 0) is 45.2 Å². The second kappa shape index (κ2) is 10.2. The Labute approximate surface area is 133 Å². The average Bonchev–Trinajstić information content (AvgIpc) is 3.03. The number of aliphatic imine (C=N–C) groups is 1. The molecule has 1 unspecified atom stereocenters. The summed E-state index contributed by atoms with van der Waals surface area (Å²) in [5.74, 6) is 1.23. The number of methoxy groups -OCH3 is 1. The van der Waals surface area contributed by atoms with E-state index >= 15 is 0 Å². The number of rotatable bonds is 10. The van der Waals surface area contributed by atoms with Crippen molar-refractivity contribution >= 4 is 5.96 Å². The van der Waals surface area contributed by atoms with Crippen molar-refractivity contribution in [2.75, 3.05) is 33.4 Å². The predicted octanol–water partition coefficient (Wildman–Crippen LogP) is 1.86. The van der Waals surface area contributed by atoms with Crippen molar-refractivity contribution in [3.8, 4) is 0 Å². The molecule has 6 nitrogen and oxygen atoms in total. The molecule has 3 N–H and O–H groups in total. The molecule has 1 aromatic rings. The highest BCUT2D eigenvalue weighted by Gasteiger charge is 2.25. The molecule has 0 saturated carbocycles. The van der Waals surface area contributed by atoms with E-state index in [-0.39, 0.29) is 6.54 Å². The summed E-state index contributed by atoms with van der Waals surface area (Å²) in [6.07, 6.45) is 4.79. The molecule has 6 heteroatoms. The first-order chi connectivity index (χ1) is 10.6. The Hall–Kier alpha value is -1.53. The SMILES string of the molecule is CCNC(=NCC(C)(O)c1ccco1)NCCCCCOC. The average molecular weight is 311 g/mol. The largest absolute Gasteiger partial charge is 0.466 e. The van der Waals surface area contributed by atoms with Gasteiger partial charge in [0.25, 0.3) is 0 Å². The van der Waals surface area contributed by atoms with Crippen molar-refractivity contribution in [3.63, 3.8) is 0 Å². The summed E-state index contributed by atoms with van der Waals surface area (Å²) >= 11 is 0. The molecule has 0 bridgehead atoms. The van der Waals surface area contributed by atoms with Gasteiger partial charge in [-0.25, -0.2) is 4.99 Å². The molecule has 0 aliphatic carbocycles. The molecule has 1 rings (SSSR count). The molecular formula is C16H29N3O3. The molecule has 1 heterocycles. The lowest BCUT2D eigenvalue weighted by Gasteiger charge is -2.19. The molecule has 0 spiro atoms. The minimum absolute atomic E-state index is 0.236. The monoisotopic (exact) mass is 311 g/mol. The minimum Gasteiger partial charge on any atom is -0.466 e. The molecule has 0 aliphatic rings. The van der Waals surface area contributed by atoms with E-state index in [1.54, 1.807) is 32.4 Å². The van der Waals surface area contributed by atoms with Gasteiger partial charge in [0.05, 0.1) is 12.8 Å². The molecule has 0 amide bonds. The molecule has 1 atom stereocenters. The first-order valence-electron chi connectivity index (χ1n) is 7.87. The molecule has 1 aromatic heterocycles. The van der Waals surface area contributed by atoms with E-state index in [2.05, 4.69) is 15.6 Å². The maximum absolute atomic E-state index is 10.4. The second-order valence-corrected chi connectivity index (χ2v) is 5.43. The van der Waals surface area contributed by atoms with Crippen LogP contribution in [-0.4, -0.2) is 44.4 Å². The van der Waals surface area contributed by atoms with Crippen LogP contribution in [0.2, 0.25) is 0 Å². The van der Waals surface area contributed by atoms with Gasteiger partial charge in [-0.2, -0.15) is 0 Å². The van der Waals surface area contributed by atoms with Gasteiger partial charge in [-0.3, -0.25) is 0 Å². The Morgan fingerprint density at radius 3 is 2.82 bits per heavy atom. The highest BCUT2D eigenvalue weighted by molar-refractivity contribution is 5.79. The molecule has 0 aromatic carbocycles. The fraction of sp³-hybridized carbons (Fsp3) is 0.688. The van der Waals surface area contributed by atoms with Crippen molar-refractivity contribution in [1.29, 1.82) is 0 Å². The van der Waals surface area contributed by atoms with Gasteiger partial charge in [0.15, 0.2) is 5.96 Å². The molecule has 0 aliphatic heterocycles. The first-order valence-corrected chi connectivity index (χ1v) is 7.87. The zero-order valence-electron chi connectivity index (χ0n) is 13.9. The number of furan rings is 1. The van der Waals surface area contributed by atoms with Gasteiger partial charge < -0.3 is 24.9 Å². The third-order valence-electron chi connectivity index (χ3n) is 3.26. The number of nitrogens with one attached hydrogen (secondary N) is 2. The third-order valence-corrected chi connectivity index (χ3v) is 3.26. The molecule has 0 fully saturated rings. The summed E-state index contributed by atoms with van der Waals surface area (Å²) in [5.41, 5.74) is -1.11. The Kier molecular flexibility index (Phi) is 8.62. The minimum atomic E-state index is -1.11. The number of aliphatic hydroxyl groups is 1. The van der Waals surface area contributed by atoms with Crippen molar-refractivity contribution in [2.45, 2.75) is 38.7 Å². The van der Waals surface area contributed by atoms with Crippen LogP contribution in [-0.2, 0) is 10.3 Å². The fourth-order valence-corrected chi connectivity index (χ4v) is 1.99. The van der Waals surface area contributed by atoms with Crippen LogP contribution in [0.5, 0.6) is 0 Å². The summed E-state index contributed by atoms with van der Waals surface area (Å²) in [7, 11) is 1.72. The van der Waals surface area contributed by atoms with Crippen molar-refractivity contribution < 1.29 is 14.3 Å². The summed E-state index contributed by atoms with van der Waals surface area (Å²) < 4.78 is 10.3. The molecule has 0 saturated heterocycles. The van der Waals surface area contributed by atoms with Gasteiger partial charge in [-0.15, -0.1) is 0 Å². The van der Waals surface area contributed by atoms with Crippen LogP contribution in [0.3, 0.4) is 0 Å². The number of hydrogen-bond acceptors (Lipinski definition) is 4. The lowest BCUT2D eigenvalue weighted by molar-refractivity contribution is 0.0437. The number of guanidine groups is 1. The number of ether oxygens (including phenoxy) is 1. The highest BCUT2D eigenvalue weighted by atomic mass is 16.5. The van der Waals surface area contributed by atoms with Crippen LogP contribution in [0.15, 0.2) is 27.8 Å². The molecular weight excluding hydrogens is 282 g/mol. The standard InChI is InChI=1S/C16H29N3O3/c1-4-17-15(18-10-6-5-7-11-21-3)19-13-16(2,20)14-9-8-12-22-14/h8-9,12,20H,4-7,10-11,13H2,1-3H3,(H2,17,18,19). The lowest BCUT2D eigenvalue weighted by Crippen LogP contribution is -2.39. The maximum atomic E-state index is 10.4.